The summed E-state index contributed by atoms with van der Waals surface area (Å²) in [6.45, 7) is 4.63. The van der Waals surface area contributed by atoms with Gasteiger partial charge in [-0.3, -0.25) is 14.4 Å². The van der Waals surface area contributed by atoms with Crippen molar-refractivity contribution in [2.75, 3.05) is 19.4 Å². The van der Waals surface area contributed by atoms with Crippen LogP contribution in [0, 0.1) is 0 Å². The number of ether oxygens (including phenoxy) is 1. The molecule has 0 saturated heterocycles. The first-order chi connectivity index (χ1) is 12.5. The number of amides is 1. The highest BCUT2D eigenvalue weighted by molar-refractivity contribution is 7.99. The molecule has 9 heteroatoms. The Kier molecular flexibility index (Phi) is 7.61. The minimum absolute atomic E-state index is 0.0932. The van der Waals surface area contributed by atoms with Gasteiger partial charge >= 0.3 is 5.97 Å². The predicted octanol–water partition coefficient (Wildman–Crippen LogP) is 1.85. The Morgan fingerprint density at radius 1 is 1.50 bits per heavy atom. The van der Waals surface area contributed by atoms with Gasteiger partial charge < -0.3 is 14.6 Å². The third-order valence-electron chi connectivity index (χ3n) is 3.29. The lowest BCUT2D eigenvalue weighted by Gasteiger charge is -2.20. The van der Waals surface area contributed by atoms with Crippen molar-refractivity contribution in [3.63, 3.8) is 0 Å². The second-order valence-electron chi connectivity index (χ2n) is 5.23. The van der Waals surface area contributed by atoms with Crippen LogP contribution in [0.15, 0.2) is 46.2 Å². The van der Waals surface area contributed by atoms with Gasteiger partial charge in [-0.25, -0.2) is 4.98 Å². The highest BCUT2D eigenvalue weighted by atomic mass is 32.2. The number of rotatable bonds is 9. The minimum atomic E-state index is -0.483. The summed E-state index contributed by atoms with van der Waals surface area (Å²) in [5.41, 5.74) is -0.0764. The number of aromatic amines is 1. The molecule has 26 heavy (non-hydrogen) atoms. The number of carbonyl (C=O) groups excluding carboxylic acids is 2. The zero-order chi connectivity index (χ0) is 18.9. The van der Waals surface area contributed by atoms with Crippen molar-refractivity contribution >= 4 is 35.0 Å². The Bertz CT molecular complexity index is 818. The molecular formula is C17H19N3O4S2. The molecule has 7 nitrogen and oxygen atoms in total. The summed E-state index contributed by atoms with van der Waals surface area (Å²) in [6, 6.07) is 5.15. The van der Waals surface area contributed by atoms with E-state index >= 15 is 0 Å². The van der Waals surface area contributed by atoms with Crippen LogP contribution in [0.4, 0.5) is 0 Å². The van der Waals surface area contributed by atoms with Gasteiger partial charge in [0.2, 0.25) is 5.91 Å². The zero-order valence-corrected chi connectivity index (χ0v) is 15.9. The molecule has 2 heterocycles. The molecule has 0 aliphatic carbocycles. The number of nitrogens with zero attached hydrogens (tertiary/aromatic N) is 2. The van der Waals surface area contributed by atoms with Gasteiger partial charge in [0.25, 0.3) is 5.56 Å². The molecule has 1 N–H and O–H groups in total. The molecule has 0 saturated carbocycles. The van der Waals surface area contributed by atoms with E-state index in [-0.39, 0.29) is 23.6 Å². The molecule has 0 unspecified atom stereocenters. The van der Waals surface area contributed by atoms with Gasteiger partial charge in [-0.05, 0) is 11.4 Å². The summed E-state index contributed by atoms with van der Waals surface area (Å²) in [7, 11) is 1.27. The maximum Gasteiger partial charge on any atom is 0.311 e. The Hall–Kier alpha value is -2.39. The molecule has 0 bridgehead atoms. The standard InChI is InChI=1S/C17H19N3O4S2/c1-3-6-20(10-13-5-4-7-25-13)15(22)11-26-17-18-12(8-14(21)19-17)9-16(23)24-2/h3-5,7-8H,1,6,9-11H2,2H3,(H,18,19,21). The van der Waals surface area contributed by atoms with Crippen LogP contribution in [0.3, 0.4) is 0 Å². The number of esters is 1. The van der Waals surface area contributed by atoms with Crippen LogP contribution in [0.1, 0.15) is 10.6 Å². The van der Waals surface area contributed by atoms with Crippen molar-refractivity contribution in [1.29, 1.82) is 0 Å². The number of hydrogen-bond donors (Lipinski definition) is 1. The normalized spacial score (nSPS) is 10.3. The third kappa shape index (κ3) is 6.16. The van der Waals surface area contributed by atoms with E-state index in [1.54, 1.807) is 22.3 Å². The van der Waals surface area contributed by atoms with Crippen molar-refractivity contribution in [2.24, 2.45) is 0 Å². The number of aromatic nitrogens is 2. The summed E-state index contributed by atoms with van der Waals surface area (Å²) < 4.78 is 4.57. The summed E-state index contributed by atoms with van der Waals surface area (Å²) in [5, 5.41) is 2.25. The number of thiophene rings is 1. The summed E-state index contributed by atoms with van der Waals surface area (Å²) in [4.78, 5) is 45.1. The van der Waals surface area contributed by atoms with Crippen LogP contribution in [0.2, 0.25) is 0 Å². The molecule has 0 radical (unpaired) electrons. The number of hydrogen-bond acceptors (Lipinski definition) is 7. The van der Waals surface area contributed by atoms with Gasteiger partial charge in [0.05, 0.1) is 31.5 Å². The van der Waals surface area contributed by atoms with Crippen molar-refractivity contribution in [2.45, 2.75) is 18.1 Å². The second kappa shape index (κ2) is 9.93. The Morgan fingerprint density at radius 3 is 2.96 bits per heavy atom. The second-order valence-corrected chi connectivity index (χ2v) is 7.22. The molecule has 0 aliphatic rings. The van der Waals surface area contributed by atoms with E-state index in [0.717, 1.165) is 16.6 Å². The largest absolute Gasteiger partial charge is 0.469 e. The van der Waals surface area contributed by atoms with Crippen molar-refractivity contribution in [3.8, 4) is 0 Å². The minimum Gasteiger partial charge on any atom is -0.469 e. The maximum absolute atomic E-state index is 12.5. The van der Waals surface area contributed by atoms with Gasteiger partial charge in [-0.2, -0.15) is 0 Å². The number of nitrogens with one attached hydrogen (secondary N) is 1. The Labute approximate surface area is 159 Å². The van der Waals surface area contributed by atoms with Gasteiger partial charge in [-0.1, -0.05) is 23.9 Å². The van der Waals surface area contributed by atoms with Crippen LogP contribution in [0.25, 0.3) is 0 Å². The molecule has 0 fully saturated rings. The molecule has 0 aromatic carbocycles. The fourth-order valence-electron chi connectivity index (χ4n) is 2.08. The van der Waals surface area contributed by atoms with Gasteiger partial charge in [-0.15, -0.1) is 17.9 Å². The third-order valence-corrected chi connectivity index (χ3v) is 5.01. The van der Waals surface area contributed by atoms with E-state index in [4.69, 9.17) is 0 Å². The summed E-state index contributed by atoms with van der Waals surface area (Å²) >= 11 is 2.70. The van der Waals surface area contributed by atoms with Crippen LogP contribution in [-0.2, 0) is 27.3 Å². The lowest BCUT2D eigenvalue weighted by atomic mass is 10.3. The molecule has 1 amide bonds. The molecule has 0 aliphatic heterocycles. The van der Waals surface area contributed by atoms with Gasteiger partial charge in [0.1, 0.15) is 0 Å². The van der Waals surface area contributed by atoms with Crippen LogP contribution in [0.5, 0.6) is 0 Å². The smallest absolute Gasteiger partial charge is 0.311 e. The Balaban J connectivity index is 2.01. The maximum atomic E-state index is 12.5. The predicted molar refractivity (Wildman–Crippen MR) is 101 cm³/mol. The van der Waals surface area contributed by atoms with E-state index in [1.165, 1.54) is 13.2 Å². The van der Waals surface area contributed by atoms with Crippen LogP contribution in [-0.4, -0.2) is 46.2 Å². The van der Waals surface area contributed by atoms with E-state index < -0.39 is 5.97 Å². The molecule has 138 valence electrons. The van der Waals surface area contributed by atoms with Crippen LogP contribution < -0.4 is 5.56 Å². The topological polar surface area (TPSA) is 92.4 Å². The Morgan fingerprint density at radius 2 is 2.31 bits per heavy atom. The zero-order valence-electron chi connectivity index (χ0n) is 14.3. The fourth-order valence-corrected chi connectivity index (χ4v) is 3.60. The highest BCUT2D eigenvalue weighted by Crippen LogP contribution is 2.16. The number of carbonyl (C=O) groups is 2. The molecule has 2 aromatic rings. The van der Waals surface area contributed by atoms with E-state index in [2.05, 4.69) is 21.3 Å². The fraction of sp³-hybridized carbons (Fsp3) is 0.294. The molecule has 2 rings (SSSR count). The molecule has 0 spiro atoms. The molecular weight excluding hydrogens is 374 g/mol. The van der Waals surface area contributed by atoms with Gasteiger partial charge in [0.15, 0.2) is 5.16 Å². The first-order valence-electron chi connectivity index (χ1n) is 7.72. The monoisotopic (exact) mass is 393 g/mol. The summed E-state index contributed by atoms with van der Waals surface area (Å²) in [5.74, 6) is -0.461. The number of H-pyrrole nitrogens is 1. The van der Waals surface area contributed by atoms with Crippen LogP contribution >= 0.6 is 23.1 Å². The van der Waals surface area contributed by atoms with E-state index in [0.29, 0.717) is 23.9 Å². The van der Waals surface area contributed by atoms with Crippen molar-refractivity contribution in [1.82, 2.24) is 14.9 Å². The lowest BCUT2D eigenvalue weighted by Crippen LogP contribution is -2.32. The number of thioether (sulfide) groups is 1. The van der Waals surface area contributed by atoms with E-state index in [1.807, 2.05) is 17.5 Å². The molecule has 0 atom stereocenters. The highest BCUT2D eigenvalue weighted by Gasteiger charge is 2.15. The van der Waals surface area contributed by atoms with Gasteiger partial charge in [0, 0.05) is 17.5 Å². The first kappa shape index (κ1) is 19.9. The average Bonchev–Trinajstić information content (AvgIpc) is 3.12. The average molecular weight is 393 g/mol. The SMILES string of the molecule is C=CCN(Cc1cccs1)C(=O)CSc1nc(CC(=O)OC)cc(=O)[nH]1. The first-order valence-corrected chi connectivity index (χ1v) is 9.59. The summed E-state index contributed by atoms with van der Waals surface area (Å²) in [6.07, 6.45) is 1.58. The quantitative estimate of drug-likeness (QED) is 0.303. The van der Waals surface area contributed by atoms with E-state index in [9.17, 15) is 14.4 Å². The molecule has 2 aromatic heterocycles. The van der Waals surface area contributed by atoms with Crippen molar-refractivity contribution in [3.05, 3.63) is 57.2 Å². The lowest BCUT2D eigenvalue weighted by molar-refractivity contribution is -0.139. The number of methoxy groups -OCH3 is 1. The van der Waals surface area contributed by atoms with Crippen molar-refractivity contribution < 1.29 is 14.3 Å².